The maximum absolute atomic E-state index is 5.18. The van der Waals surface area contributed by atoms with Gasteiger partial charge in [-0.3, -0.25) is 4.98 Å². The maximum Gasteiger partial charge on any atom is 0.212 e. The molecule has 3 nitrogen and oxygen atoms in total. The molecule has 2 heterocycles. The molecule has 1 aliphatic heterocycles. The van der Waals surface area contributed by atoms with Crippen molar-refractivity contribution in [1.29, 1.82) is 0 Å². The van der Waals surface area contributed by atoms with Gasteiger partial charge in [0.2, 0.25) is 6.23 Å². The van der Waals surface area contributed by atoms with Gasteiger partial charge >= 0.3 is 0 Å². The molecule has 3 heteroatoms. The van der Waals surface area contributed by atoms with E-state index in [1.807, 2.05) is 18.2 Å². The van der Waals surface area contributed by atoms with Gasteiger partial charge in [-0.15, -0.1) is 0 Å². The van der Waals surface area contributed by atoms with Gasteiger partial charge in [0.1, 0.15) is 12.0 Å². The Morgan fingerprint density at radius 2 is 2.45 bits per heavy atom. The molecule has 1 aromatic rings. The number of nitrogens with zero attached hydrogens (tertiary/aromatic N) is 1. The molecule has 1 N–H and O–H groups in total. The lowest BCUT2D eigenvalue weighted by atomic mass is 10.3. The van der Waals surface area contributed by atoms with Crippen molar-refractivity contribution in [2.24, 2.45) is 0 Å². The monoisotopic (exact) mass is 148 g/mol. The minimum atomic E-state index is -0.101. The lowest BCUT2D eigenvalue weighted by Gasteiger charge is -2.08. The Labute approximate surface area is 64.7 Å². The molecule has 0 spiro atoms. The first-order valence-corrected chi connectivity index (χ1v) is 3.44. The summed E-state index contributed by atoms with van der Waals surface area (Å²) in [5, 5.41) is 3.01. The van der Waals surface area contributed by atoms with Crippen LogP contribution in [-0.4, -0.2) is 4.98 Å². The van der Waals surface area contributed by atoms with E-state index in [2.05, 4.69) is 10.3 Å². The highest BCUT2D eigenvalue weighted by atomic mass is 16.5. The zero-order chi connectivity index (χ0) is 7.52. The van der Waals surface area contributed by atoms with Crippen molar-refractivity contribution < 1.29 is 4.74 Å². The van der Waals surface area contributed by atoms with Crippen LogP contribution in [0.2, 0.25) is 0 Å². The highest BCUT2D eigenvalue weighted by Gasteiger charge is 2.12. The van der Waals surface area contributed by atoms with E-state index in [1.165, 1.54) is 0 Å². The second-order valence-corrected chi connectivity index (χ2v) is 2.24. The van der Waals surface area contributed by atoms with Crippen molar-refractivity contribution in [3.8, 4) is 0 Å². The molecule has 1 aliphatic rings. The van der Waals surface area contributed by atoms with Gasteiger partial charge in [-0.05, 0) is 12.1 Å². The Morgan fingerprint density at radius 3 is 3.09 bits per heavy atom. The lowest BCUT2D eigenvalue weighted by Crippen LogP contribution is -2.12. The van der Waals surface area contributed by atoms with Crippen molar-refractivity contribution in [3.63, 3.8) is 0 Å². The first-order chi connectivity index (χ1) is 5.47. The van der Waals surface area contributed by atoms with E-state index < -0.39 is 0 Å². The van der Waals surface area contributed by atoms with Gasteiger partial charge in [0.25, 0.3) is 0 Å². The largest absolute Gasteiger partial charge is 0.471 e. The van der Waals surface area contributed by atoms with Crippen molar-refractivity contribution in [2.75, 3.05) is 0 Å². The number of rotatable bonds is 1. The Morgan fingerprint density at radius 1 is 1.45 bits per heavy atom. The molecule has 0 saturated heterocycles. The van der Waals surface area contributed by atoms with Crippen LogP contribution in [0.1, 0.15) is 11.9 Å². The fourth-order valence-corrected chi connectivity index (χ4v) is 0.970. The van der Waals surface area contributed by atoms with Crippen LogP contribution in [0.5, 0.6) is 0 Å². The van der Waals surface area contributed by atoms with E-state index >= 15 is 0 Å². The molecule has 0 fully saturated rings. The highest BCUT2D eigenvalue weighted by Crippen LogP contribution is 2.14. The lowest BCUT2D eigenvalue weighted by molar-refractivity contribution is 0.150. The van der Waals surface area contributed by atoms with Crippen LogP contribution in [-0.2, 0) is 4.74 Å². The van der Waals surface area contributed by atoms with Crippen LogP contribution in [0.25, 0.3) is 0 Å². The van der Waals surface area contributed by atoms with E-state index in [0.29, 0.717) is 0 Å². The molecule has 0 amide bonds. The number of pyridine rings is 1. The first-order valence-electron chi connectivity index (χ1n) is 3.44. The summed E-state index contributed by atoms with van der Waals surface area (Å²) in [7, 11) is 0. The number of nitrogens with one attached hydrogen (secondary N) is 1. The topological polar surface area (TPSA) is 34.1 Å². The molecule has 0 radical (unpaired) electrons. The number of aromatic nitrogens is 1. The minimum absolute atomic E-state index is 0.101. The first kappa shape index (κ1) is 6.22. The smallest absolute Gasteiger partial charge is 0.212 e. The number of hydrogen-bond acceptors (Lipinski definition) is 3. The van der Waals surface area contributed by atoms with E-state index in [4.69, 9.17) is 4.74 Å². The molecule has 1 atom stereocenters. The van der Waals surface area contributed by atoms with E-state index in [1.54, 1.807) is 18.7 Å². The van der Waals surface area contributed by atoms with Crippen LogP contribution in [0.4, 0.5) is 0 Å². The van der Waals surface area contributed by atoms with Crippen molar-refractivity contribution in [1.82, 2.24) is 10.3 Å². The average Bonchev–Trinajstić information content (AvgIpc) is 2.58. The van der Waals surface area contributed by atoms with E-state index in [9.17, 15) is 0 Å². The van der Waals surface area contributed by atoms with Crippen LogP contribution < -0.4 is 5.32 Å². The number of ether oxygens (including phenoxy) is 1. The van der Waals surface area contributed by atoms with Crippen LogP contribution in [0.3, 0.4) is 0 Å². The second kappa shape index (κ2) is 2.62. The van der Waals surface area contributed by atoms with Crippen LogP contribution >= 0.6 is 0 Å². The Balaban J connectivity index is 2.17. The SMILES string of the molecule is C1=CO[C@@H](c2ccccn2)N1. The predicted molar refractivity (Wildman–Crippen MR) is 40.3 cm³/mol. The summed E-state index contributed by atoms with van der Waals surface area (Å²) in [6.07, 6.45) is 5.04. The molecule has 0 unspecified atom stereocenters. The zero-order valence-corrected chi connectivity index (χ0v) is 5.90. The maximum atomic E-state index is 5.18. The number of hydrogen-bond donors (Lipinski definition) is 1. The Hall–Kier alpha value is -1.51. The molecule has 2 rings (SSSR count). The molecule has 1 aromatic heterocycles. The summed E-state index contributed by atoms with van der Waals surface area (Å²) in [5.41, 5.74) is 0.900. The Kier molecular flexibility index (Phi) is 1.48. The molecular formula is C8H8N2O. The summed E-state index contributed by atoms with van der Waals surface area (Å²) in [4.78, 5) is 4.13. The van der Waals surface area contributed by atoms with E-state index in [-0.39, 0.29) is 6.23 Å². The van der Waals surface area contributed by atoms with Gasteiger partial charge in [0.15, 0.2) is 0 Å². The fourth-order valence-electron chi connectivity index (χ4n) is 0.970. The molecule has 0 bridgehead atoms. The van der Waals surface area contributed by atoms with Gasteiger partial charge in [-0.1, -0.05) is 6.07 Å². The third-order valence-electron chi connectivity index (χ3n) is 1.49. The second-order valence-electron chi connectivity index (χ2n) is 2.24. The van der Waals surface area contributed by atoms with Crippen molar-refractivity contribution in [2.45, 2.75) is 6.23 Å². The quantitative estimate of drug-likeness (QED) is 0.649. The van der Waals surface area contributed by atoms with E-state index in [0.717, 1.165) is 5.69 Å². The van der Waals surface area contributed by atoms with Gasteiger partial charge in [-0.2, -0.15) is 0 Å². The summed E-state index contributed by atoms with van der Waals surface area (Å²) in [6, 6.07) is 5.74. The summed E-state index contributed by atoms with van der Waals surface area (Å²) >= 11 is 0. The predicted octanol–water partition coefficient (Wildman–Crippen LogP) is 1.17. The van der Waals surface area contributed by atoms with Crippen molar-refractivity contribution in [3.05, 3.63) is 42.6 Å². The molecular weight excluding hydrogens is 140 g/mol. The fraction of sp³-hybridized carbons (Fsp3) is 0.125. The molecule has 56 valence electrons. The summed E-state index contributed by atoms with van der Waals surface area (Å²) in [5.74, 6) is 0. The van der Waals surface area contributed by atoms with Gasteiger partial charge in [-0.25, -0.2) is 0 Å². The molecule has 0 saturated carbocycles. The normalized spacial score (nSPS) is 20.9. The minimum Gasteiger partial charge on any atom is -0.471 e. The van der Waals surface area contributed by atoms with Crippen LogP contribution in [0.15, 0.2) is 36.9 Å². The van der Waals surface area contributed by atoms with Gasteiger partial charge in [0, 0.05) is 12.4 Å². The van der Waals surface area contributed by atoms with Crippen molar-refractivity contribution >= 4 is 0 Å². The van der Waals surface area contributed by atoms with Gasteiger partial charge < -0.3 is 10.1 Å². The standard InChI is InChI=1S/C8H8N2O/c1-2-4-9-7(3-1)8-10-5-6-11-8/h1-6,8,10H/t8-/m0/s1. The van der Waals surface area contributed by atoms with Crippen LogP contribution in [0, 0.1) is 0 Å². The Bertz CT molecular complexity index is 250. The highest BCUT2D eigenvalue weighted by molar-refractivity contribution is 5.08. The van der Waals surface area contributed by atoms with Gasteiger partial charge in [0.05, 0.1) is 0 Å². The molecule has 11 heavy (non-hydrogen) atoms. The summed E-state index contributed by atoms with van der Waals surface area (Å²) < 4.78 is 5.18. The summed E-state index contributed by atoms with van der Waals surface area (Å²) in [6.45, 7) is 0. The average molecular weight is 148 g/mol. The zero-order valence-electron chi connectivity index (χ0n) is 5.90. The molecule has 0 aliphatic carbocycles. The third kappa shape index (κ3) is 1.17. The molecule has 0 aromatic carbocycles. The third-order valence-corrected chi connectivity index (χ3v) is 1.49.